The lowest BCUT2D eigenvalue weighted by molar-refractivity contribution is 0.0371. The Labute approximate surface area is 156 Å². The molecular formula is C18H20N6O3. The number of aromatic nitrogens is 3. The topological polar surface area (TPSA) is 110 Å². The summed E-state index contributed by atoms with van der Waals surface area (Å²) >= 11 is 0. The van der Waals surface area contributed by atoms with Gasteiger partial charge in [-0.1, -0.05) is 0 Å². The number of nitrogens with zero attached hydrogens (tertiary/aromatic N) is 3. The number of ether oxygens (including phenoxy) is 2. The molecule has 140 valence electrons. The lowest BCUT2D eigenvalue weighted by Gasteiger charge is -2.24. The van der Waals surface area contributed by atoms with E-state index >= 15 is 0 Å². The zero-order valence-corrected chi connectivity index (χ0v) is 14.9. The monoisotopic (exact) mass is 368 g/mol. The van der Waals surface area contributed by atoms with Crippen LogP contribution in [0.25, 0.3) is 0 Å². The van der Waals surface area contributed by atoms with E-state index in [4.69, 9.17) is 15.9 Å². The van der Waals surface area contributed by atoms with Gasteiger partial charge in [-0.15, -0.1) is 6.42 Å². The maximum absolute atomic E-state index is 12.0. The molecule has 0 aromatic carbocycles. The van der Waals surface area contributed by atoms with Gasteiger partial charge in [-0.05, 0) is 5.92 Å². The van der Waals surface area contributed by atoms with Crippen LogP contribution < -0.4 is 16.0 Å². The molecule has 2 aromatic heterocycles. The molecule has 0 bridgehead atoms. The van der Waals surface area contributed by atoms with Gasteiger partial charge in [0.25, 0.3) is 0 Å². The first-order chi connectivity index (χ1) is 13.2. The van der Waals surface area contributed by atoms with E-state index in [1.165, 1.54) is 25.7 Å². The molecule has 3 N–H and O–H groups in total. The van der Waals surface area contributed by atoms with E-state index in [9.17, 15) is 4.79 Å². The van der Waals surface area contributed by atoms with Crippen LogP contribution >= 0.6 is 0 Å². The fraction of sp³-hybridized carbons (Fsp3) is 0.333. The number of anilines is 3. The second-order valence-electron chi connectivity index (χ2n) is 5.74. The Morgan fingerprint density at radius 2 is 2.22 bits per heavy atom. The molecule has 1 fully saturated rings. The number of carbonyl (C=O) groups is 1. The zero-order valence-electron chi connectivity index (χ0n) is 14.9. The van der Waals surface area contributed by atoms with Crippen molar-refractivity contribution >= 4 is 23.3 Å². The highest BCUT2D eigenvalue weighted by molar-refractivity contribution is 5.95. The first-order valence-electron chi connectivity index (χ1n) is 8.40. The minimum Gasteiger partial charge on any atom is -0.465 e. The summed E-state index contributed by atoms with van der Waals surface area (Å²) in [5.41, 5.74) is 1.36. The highest BCUT2D eigenvalue weighted by atomic mass is 16.5. The lowest BCUT2D eigenvalue weighted by Crippen LogP contribution is -2.42. The van der Waals surface area contributed by atoms with Crippen LogP contribution in [0.15, 0.2) is 24.7 Å². The number of methoxy groups -OCH3 is 1. The fourth-order valence-corrected chi connectivity index (χ4v) is 2.52. The summed E-state index contributed by atoms with van der Waals surface area (Å²) in [4.78, 5) is 24.5. The van der Waals surface area contributed by atoms with Crippen molar-refractivity contribution in [3.63, 3.8) is 0 Å². The van der Waals surface area contributed by atoms with Crippen LogP contribution in [0, 0.1) is 12.3 Å². The molecule has 0 spiro atoms. The fourth-order valence-electron chi connectivity index (χ4n) is 2.52. The van der Waals surface area contributed by atoms with Gasteiger partial charge in [-0.2, -0.15) is 0 Å². The van der Waals surface area contributed by atoms with Crippen LogP contribution in [0.5, 0.6) is 0 Å². The predicted molar refractivity (Wildman–Crippen MR) is 99.9 cm³/mol. The summed E-state index contributed by atoms with van der Waals surface area (Å²) in [6.45, 7) is 2.78. The smallest absolute Gasteiger partial charge is 0.341 e. The predicted octanol–water partition coefficient (Wildman–Crippen LogP) is 0.783. The van der Waals surface area contributed by atoms with E-state index < -0.39 is 5.97 Å². The summed E-state index contributed by atoms with van der Waals surface area (Å²) in [5, 5.41) is 9.53. The zero-order chi connectivity index (χ0) is 19.1. The Bertz CT molecular complexity index is 828. The molecular weight excluding hydrogens is 348 g/mol. The van der Waals surface area contributed by atoms with Crippen LogP contribution in [0.2, 0.25) is 0 Å². The quantitative estimate of drug-likeness (QED) is 0.503. The maximum Gasteiger partial charge on any atom is 0.341 e. The third kappa shape index (κ3) is 4.91. The van der Waals surface area contributed by atoms with Crippen LogP contribution in [-0.4, -0.2) is 60.4 Å². The number of esters is 1. The number of hydrogen-bond acceptors (Lipinski definition) is 9. The lowest BCUT2D eigenvalue weighted by atomic mass is 10.2. The Morgan fingerprint density at radius 1 is 1.37 bits per heavy atom. The third-order valence-corrected chi connectivity index (χ3v) is 3.89. The van der Waals surface area contributed by atoms with Crippen LogP contribution in [0.4, 0.5) is 17.3 Å². The van der Waals surface area contributed by atoms with E-state index in [1.54, 1.807) is 6.07 Å². The molecule has 1 atom stereocenters. The number of hydrogen-bond donors (Lipinski definition) is 3. The van der Waals surface area contributed by atoms with Gasteiger partial charge in [0.1, 0.15) is 22.9 Å². The second-order valence-corrected chi connectivity index (χ2v) is 5.74. The van der Waals surface area contributed by atoms with E-state index in [0.717, 1.165) is 13.1 Å². The van der Waals surface area contributed by atoms with Crippen LogP contribution in [-0.2, 0) is 9.47 Å². The molecule has 9 nitrogen and oxygen atoms in total. The van der Waals surface area contributed by atoms with Crippen molar-refractivity contribution in [2.75, 3.05) is 44.0 Å². The van der Waals surface area contributed by atoms with Crippen molar-refractivity contribution in [3.05, 3.63) is 35.9 Å². The minimum atomic E-state index is -0.475. The van der Waals surface area contributed by atoms with Gasteiger partial charge in [0.2, 0.25) is 0 Å². The Morgan fingerprint density at radius 3 is 2.89 bits per heavy atom. The normalized spacial score (nSPS) is 16.2. The van der Waals surface area contributed by atoms with Gasteiger partial charge in [0.15, 0.2) is 0 Å². The molecule has 3 rings (SSSR count). The molecule has 0 saturated carbocycles. The van der Waals surface area contributed by atoms with Gasteiger partial charge in [0, 0.05) is 31.9 Å². The van der Waals surface area contributed by atoms with Gasteiger partial charge in [0.05, 0.1) is 37.9 Å². The van der Waals surface area contributed by atoms with E-state index in [2.05, 4.69) is 36.8 Å². The highest BCUT2D eigenvalue weighted by Gasteiger charge is 2.17. The van der Waals surface area contributed by atoms with Gasteiger partial charge >= 0.3 is 5.97 Å². The number of terminal acetylenes is 1. The van der Waals surface area contributed by atoms with Gasteiger partial charge < -0.3 is 25.4 Å². The van der Waals surface area contributed by atoms with Crippen molar-refractivity contribution < 1.29 is 14.3 Å². The summed E-state index contributed by atoms with van der Waals surface area (Å²) in [7, 11) is 1.33. The molecule has 3 heterocycles. The van der Waals surface area contributed by atoms with Crippen molar-refractivity contribution in [3.8, 4) is 12.3 Å². The highest BCUT2D eigenvalue weighted by Crippen LogP contribution is 2.21. The first-order valence-corrected chi connectivity index (χ1v) is 8.40. The van der Waals surface area contributed by atoms with Crippen molar-refractivity contribution in [2.24, 2.45) is 0 Å². The largest absolute Gasteiger partial charge is 0.465 e. The first kappa shape index (κ1) is 18.6. The van der Waals surface area contributed by atoms with Gasteiger partial charge in [-0.3, -0.25) is 0 Å². The van der Waals surface area contributed by atoms with Gasteiger partial charge in [-0.25, -0.2) is 19.7 Å². The Balaban J connectivity index is 1.76. The minimum absolute atomic E-state index is 0.0102. The van der Waals surface area contributed by atoms with E-state index in [1.807, 2.05) is 0 Å². The average molecular weight is 368 g/mol. The summed E-state index contributed by atoms with van der Waals surface area (Å²) < 4.78 is 10.5. The number of rotatable bonds is 6. The van der Waals surface area contributed by atoms with Crippen LogP contribution in [0.3, 0.4) is 0 Å². The molecule has 0 radical (unpaired) electrons. The van der Waals surface area contributed by atoms with E-state index in [0.29, 0.717) is 41.7 Å². The summed E-state index contributed by atoms with van der Waals surface area (Å²) in [6, 6.07) is 1.71. The standard InChI is InChI=1S/C18H20N6O3/c1-3-12-7-22-17(11-20-12)24-16-6-15(14(10-23-16)18(25)26-2)21-9-13-8-19-4-5-27-13/h1,6-7,10-11,13,19H,4-5,8-9H2,2H3,(H2,21,22,23,24). The average Bonchev–Trinajstić information content (AvgIpc) is 2.73. The molecule has 1 aliphatic heterocycles. The molecule has 0 amide bonds. The molecule has 0 aliphatic carbocycles. The van der Waals surface area contributed by atoms with Crippen molar-refractivity contribution in [2.45, 2.75) is 6.10 Å². The van der Waals surface area contributed by atoms with Crippen molar-refractivity contribution in [1.29, 1.82) is 0 Å². The maximum atomic E-state index is 12.0. The SMILES string of the molecule is C#Cc1cnc(Nc2cc(NCC3CNCCO3)c(C(=O)OC)cn2)cn1. The molecule has 1 saturated heterocycles. The third-order valence-electron chi connectivity index (χ3n) is 3.89. The number of carbonyl (C=O) groups excluding carboxylic acids is 1. The van der Waals surface area contributed by atoms with Crippen LogP contribution in [0.1, 0.15) is 16.1 Å². The van der Waals surface area contributed by atoms with Crippen molar-refractivity contribution in [1.82, 2.24) is 20.3 Å². The number of morpholine rings is 1. The molecule has 27 heavy (non-hydrogen) atoms. The number of pyridine rings is 1. The summed E-state index contributed by atoms with van der Waals surface area (Å²) in [6.07, 6.45) is 9.73. The Hall–Kier alpha value is -3.22. The molecule has 1 unspecified atom stereocenters. The van der Waals surface area contributed by atoms with E-state index in [-0.39, 0.29) is 6.10 Å². The molecule has 1 aliphatic rings. The molecule has 2 aromatic rings. The second kappa shape index (κ2) is 8.93. The Kier molecular flexibility index (Phi) is 6.14. The number of nitrogens with one attached hydrogen (secondary N) is 3. The molecule has 9 heteroatoms. The summed E-state index contributed by atoms with van der Waals surface area (Å²) in [5.74, 6) is 2.91.